The molecule has 2 unspecified atom stereocenters. The van der Waals surface area contributed by atoms with Gasteiger partial charge in [-0.3, -0.25) is 9.35 Å². The minimum Gasteiger partial charge on any atom is -0.387 e. The zero-order valence-electron chi connectivity index (χ0n) is 24.8. The van der Waals surface area contributed by atoms with Crippen LogP contribution in [0.4, 0.5) is 0 Å². The summed E-state index contributed by atoms with van der Waals surface area (Å²) in [5, 5.41) is 13.0. The number of carbonyl (C=O) groups is 1. The maximum Gasteiger partial charge on any atom is 0.267 e. The number of hydrogen-bond acceptors (Lipinski definition) is 4. The highest BCUT2D eigenvalue weighted by Gasteiger charge is 2.24. The molecule has 0 saturated heterocycles. The van der Waals surface area contributed by atoms with E-state index in [4.69, 9.17) is 0 Å². The number of unbranched alkanes of at least 4 members (excludes halogenated alkanes) is 20. The molecule has 0 aromatic rings. The van der Waals surface area contributed by atoms with Crippen molar-refractivity contribution >= 4 is 16.0 Å². The van der Waals surface area contributed by atoms with Crippen LogP contribution in [0.2, 0.25) is 0 Å². The van der Waals surface area contributed by atoms with Crippen molar-refractivity contribution in [3.63, 3.8) is 0 Å². The molecule has 0 aliphatic carbocycles. The van der Waals surface area contributed by atoms with Crippen LogP contribution < -0.4 is 5.32 Å². The molecule has 0 aromatic heterocycles. The Morgan fingerprint density at radius 1 is 0.684 bits per heavy atom. The van der Waals surface area contributed by atoms with Crippen LogP contribution in [0.1, 0.15) is 162 Å². The van der Waals surface area contributed by atoms with E-state index < -0.39 is 28.0 Å². The molecule has 226 valence electrons. The summed E-state index contributed by atoms with van der Waals surface area (Å²) < 4.78 is 32.0. The van der Waals surface area contributed by atoms with Gasteiger partial charge in [0.05, 0.1) is 17.9 Å². The fourth-order valence-corrected chi connectivity index (χ4v) is 5.53. The molecule has 3 N–H and O–H groups in total. The van der Waals surface area contributed by atoms with Crippen LogP contribution in [-0.4, -0.2) is 41.9 Å². The standard InChI is InChI=1S/C31H61NO5S/c1-3-5-7-9-11-12-13-14-15-16-17-18-19-20-21-23-25-27-31(34)32-29(28-38(35,36)37)30(33)26-24-22-10-8-6-4-2/h24,26,29-30,33H,3-23,25,27-28H2,1-2H3,(H,32,34)(H,35,36,37)/b26-24+. The first kappa shape index (κ1) is 37.1. The Kier molecular flexibility index (Phi) is 25.7. The van der Waals surface area contributed by atoms with E-state index in [0.717, 1.165) is 51.4 Å². The lowest BCUT2D eigenvalue weighted by molar-refractivity contribution is -0.122. The summed E-state index contributed by atoms with van der Waals surface area (Å²) in [5.41, 5.74) is 0. The van der Waals surface area contributed by atoms with Gasteiger partial charge in [-0.15, -0.1) is 0 Å². The molecule has 7 heteroatoms. The van der Waals surface area contributed by atoms with Gasteiger partial charge < -0.3 is 10.4 Å². The Hall–Kier alpha value is -0.920. The molecule has 0 aromatic carbocycles. The van der Waals surface area contributed by atoms with Gasteiger partial charge in [-0.25, -0.2) is 0 Å². The number of aliphatic hydroxyl groups excluding tert-OH is 1. The van der Waals surface area contributed by atoms with E-state index in [1.165, 1.54) is 96.0 Å². The van der Waals surface area contributed by atoms with E-state index in [9.17, 15) is 22.9 Å². The Bertz CT molecular complexity index is 665. The smallest absolute Gasteiger partial charge is 0.267 e. The molecule has 0 heterocycles. The molecule has 0 radical (unpaired) electrons. The molecule has 0 rings (SSSR count). The summed E-state index contributed by atoms with van der Waals surface area (Å²) in [6, 6.07) is -1.05. The summed E-state index contributed by atoms with van der Waals surface area (Å²) >= 11 is 0. The predicted octanol–water partition coefficient (Wildman–Crippen LogP) is 8.29. The first-order valence-corrected chi connectivity index (χ1v) is 17.5. The molecule has 38 heavy (non-hydrogen) atoms. The second-order valence-electron chi connectivity index (χ2n) is 11.1. The van der Waals surface area contributed by atoms with Crippen LogP contribution in [0, 0.1) is 0 Å². The summed E-state index contributed by atoms with van der Waals surface area (Å²) in [6.07, 6.45) is 29.4. The average Bonchev–Trinajstić information content (AvgIpc) is 2.86. The fraction of sp³-hybridized carbons (Fsp3) is 0.903. The third-order valence-corrected chi connectivity index (χ3v) is 7.99. The molecule has 1 amide bonds. The summed E-state index contributed by atoms with van der Waals surface area (Å²) in [5.74, 6) is -0.978. The van der Waals surface area contributed by atoms with E-state index in [0.29, 0.717) is 6.42 Å². The highest BCUT2D eigenvalue weighted by molar-refractivity contribution is 7.85. The van der Waals surface area contributed by atoms with E-state index in [2.05, 4.69) is 19.2 Å². The molecule has 0 saturated carbocycles. The number of aliphatic hydroxyl groups is 1. The highest BCUT2D eigenvalue weighted by atomic mass is 32.2. The van der Waals surface area contributed by atoms with Gasteiger partial charge in [0.25, 0.3) is 10.1 Å². The Labute approximate surface area is 235 Å². The Morgan fingerprint density at radius 3 is 1.50 bits per heavy atom. The van der Waals surface area contributed by atoms with Crippen LogP contribution in [0.25, 0.3) is 0 Å². The molecule has 0 spiro atoms. The van der Waals surface area contributed by atoms with E-state index >= 15 is 0 Å². The lowest BCUT2D eigenvalue weighted by atomic mass is 10.0. The second kappa shape index (κ2) is 26.3. The zero-order valence-corrected chi connectivity index (χ0v) is 25.6. The number of amides is 1. The van der Waals surface area contributed by atoms with Crippen LogP contribution >= 0.6 is 0 Å². The topological polar surface area (TPSA) is 104 Å². The van der Waals surface area contributed by atoms with Gasteiger partial charge in [0.2, 0.25) is 5.91 Å². The van der Waals surface area contributed by atoms with Gasteiger partial charge in [-0.1, -0.05) is 148 Å². The van der Waals surface area contributed by atoms with Crippen LogP contribution in [-0.2, 0) is 14.9 Å². The highest BCUT2D eigenvalue weighted by Crippen LogP contribution is 2.14. The number of nitrogens with one attached hydrogen (secondary N) is 1. The molecule has 0 bridgehead atoms. The van der Waals surface area contributed by atoms with Crippen LogP contribution in [0.15, 0.2) is 12.2 Å². The van der Waals surface area contributed by atoms with Gasteiger partial charge in [0.15, 0.2) is 0 Å². The SMILES string of the molecule is CCCCCC/C=C/C(O)C(CS(=O)(=O)O)NC(=O)CCCCCCCCCCCCCCCCCCC. The van der Waals surface area contributed by atoms with Crippen molar-refractivity contribution < 1.29 is 22.9 Å². The Morgan fingerprint density at radius 2 is 1.08 bits per heavy atom. The zero-order chi connectivity index (χ0) is 28.3. The number of rotatable bonds is 28. The average molecular weight is 560 g/mol. The van der Waals surface area contributed by atoms with Crippen LogP contribution in [0.3, 0.4) is 0 Å². The van der Waals surface area contributed by atoms with Crippen molar-refractivity contribution in [3.8, 4) is 0 Å². The maximum atomic E-state index is 12.3. The predicted molar refractivity (Wildman–Crippen MR) is 161 cm³/mol. The van der Waals surface area contributed by atoms with Crippen molar-refractivity contribution in [2.45, 2.75) is 174 Å². The largest absolute Gasteiger partial charge is 0.387 e. The van der Waals surface area contributed by atoms with Crippen LogP contribution in [0.5, 0.6) is 0 Å². The lowest BCUT2D eigenvalue weighted by Gasteiger charge is -2.21. The first-order chi connectivity index (χ1) is 18.3. The number of carbonyl (C=O) groups excluding carboxylic acids is 1. The monoisotopic (exact) mass is 559 g/mol. The van der Waals surface area contributed by atoms with Crippen molar-refractivity contribution in [2.24, 2.45) is 0 Å². The minimum absolute atomic E-state index is 0.282. The lowest BCUT2D eigenvalue weighted by Crippen LogP contribution is -2.46. The van der Waals surface area contributed by atoms with Gasteiger partial charge in [-0.2, -0.15) is 8.42 Å². The molecular formula is C31H61NO5S. The number of allylic oxidation sites excluding steroid dienone is 1. The van der Waals surface area contributed by atoms with Gasteiger partial charge in [0, 0.05) is 6.42 Å². The summed E-state index contributed by atoms with van der Waals surface area (Å²) in [6.45, 7) is 4.41. The third kappa shape index (κ3) is 26.7. The van der Waals surface area contributed by atoms with Crippen molar-refractivity contribution in [1.82, 2.24) is 5.32 Å². The summed E-state index contributed by atoms with van der Waals surface area (Å²) in [4.78, 5) is 12.3. The molecule has 2 atom stereocenters. The maximum absolute atomic E-state index is 12.3. The van der Waals surface area contributed by atoms with Crippen molar-refractivity contribution in [1.29, 1.82) is 0 Å². The second-order valence-corrected chi connectivity index (χ2v) is 12.6. The third-order valence-electron chi connectivity index (χ3n) is 7.21. The Balaban J connectivity index is 3.86. The molecule has 0 aliphatic rings. The van der Waals surface area contributed by atoms with Gasteiger partial charge >= 0.3 is 0 Å². The van der Waals surface area contributed by atoms with Crippen molar-refractivity contribution in [3.05, 3.63) is 12.2 Å². The number of hydrogen-bond donors (Lipinski definition) is 3. The van der Waals surface area contributed by atoms with E-state index in [-0.39, 0.29) is 5.91 Å². The molecule has 0 aliphatic heterocycles. The quantitative estimate of drug-likeness (QED) is 0.0508. The normalized spacial score (nSPS) is 13.7. The van der Waals surface area contributed by atoms with Crippen molar-refractivity contribution in [2.75, 3.05) is 5.75 Å². The molecule has 6 nitrogen and oxygen atoms in total. The van der Waals surface area contributed by atoms with Gasteiger partial charge in [-0.05, 0) is 19.3 Å². The summed E-state index contributed by atoms with van der Waals surface area (Å²) in [7, 11) is -4.32. The minimum atomic E-state index is -4.32. The van der Waals surface area contributed by atoms with E-state index in [1.807, 2.05) is 6.08 Å². The first-order valence-electron chi connectivity index (χ1n) is 15.9. The fourth-order valence-electron chi connectivity index (χ4n) is 4.80. The molecule has 0 fully saturated rings. The van der Waals surface area contributed by atoms with E-state index in [1.54, 1.807) is 0 Å². The van der Waals surface area contributed by atoms with Gasteiger partial charge in [0.1, 0.15) is 0 Å². The molecular weight excluding hydrogens is 498 g/mol.